The molecule has 1 saturated heterocycles. The number of likely N-dealkylation sites (tertiary alicyclic amines) is 1. The van der Waals surface area contributed by atoms with Crippen LogP contribution in [0.4, 0.5) is 13.2 Å². The van der Waals surface area contributed by atoms with E-state index >= 15 is 0 Å². The van der Waals surface area contributed by atoms with E-state index in [1.54, 1.807) is 12.3 Å². The summed E-state index contributed by atoms with van der Waals surface area (Å²) in [6, 6.07) is 15.7. The zero-order chi connectivity index (χ0) is 31.5. The number of rotatable bonds is 9. The van der Waals surface area contributed by atoms with Crippen molar-refractivity contribution >= 4 is 32.0 Å². The largest absolute Gasteiger partial charge is 0.0435 e. The number of nitrogens with zero attached hydrogens (tertiary/aromatic N) is 2. The van der Waals surface area contributed by atoms with Crippen LogP contribution in [0.5, 0.6) is 0 Å². The van der Waals surface area contributed by atoms with Gasteiger partial charge in [0.25, 0.3) is 0 Å². The monoisotopic (exact) mass is 668 g/mol. The third-order valence-electron chi connectivity index (χ3n) is 8.51. The van der Waals surface area contributed by atoms with Crippen LogP contribution in [0.15, 0.2) is 66.9 Å². The molecule has 11 heteroatoms. The van der Waals surface area contributed by atoms with Gasteiger partial charge in [0.05, 0.1) is 0 Å². The van der Waals surface area contributed by atoms with Gasteiger partial charge in [-0.05, 0) is 13.0 Å². The van der Waals surface area contributed by atoms with Crippen LogP contribution >= 0.6 is 0 Å². The first-order chi connectivity index (χ1) is 20.9. The van der Waals surface area contributed by atoms with Crippen LogP contribution in [0.2, 0.25) is 4.71 Å². The van der Waals surface area contributed by atoms with Crippen molar-refractivity contribution in [3.05, 3.63) is 89.2 Å². The molecule has 0 bridgehead atoms. The zero-order valence-corrected chi connectivity index (χ0v) is 26.2. The Hall–Kier alpha value is -3.33. The summed E-state index contributed by atoms with van der Waals surface area (Å²) in [5.74, 6) is -0.694. The number of benzene rings is 2. The van der Waals surface area contributed by atoms with Crippen LogP contribution in [0, 0.1) is 0 Å². The van der Waals surface area contributed by atoms with E-state index in [1.807, 2.05) is 30.3 Å². The molecule has 1 aliphatic carbocycles. The Morgan fingerprint density at radius 2 is 1.73 bits per heavy atom. The van der Waals surface area contributed by atoms with Crippen LogP contribution in [-0.4, -0.2) is 72.7 Å². The number of ketones is 1. The number of carbonyl (C=O) groups excluding carboxylic acids is 3. The van der Waals surface area contributed by atoms with E-state index in [-0.39, 0.29) is 27.2 Å². The van der Waals surface area contributed by atoms with Gasteiger partial charge < -0.3 is 0 Å². The summed E-state index contributed by atoms with van der Waals surface area (Å²) >= 11 is -0.687. The molecule has 1 amide bonds. The minimum atomic E-state index is -4.55. The molecule has 0 spiro atoms. The van der Waals surface area contributed by atoms with Gasteiger partial charge in [-0.1, -0.05) is 18.2 Å². The molecule has 1 aromatic heterocycles. The fraction of sp³-hybridized carbons (Fsp3) is 0.394. The number of pyridine rings is 1. The van der Waals surface area contributed by atoms with E-state index in [9.17, 15) is 32.7 Å². The molecule has 0 unspecified atom stereocenters. The molecule has 44 heavy (non-hydrogen) atoms. The molecule has 5 rings (SSSR count). The zero-order valence-electron chi connectivity index (χ0n) is 24.3. The van der Waals surface area contributed by atoms with Crippen molar-refractivity contribution in [2.75, 3.05) is 19.6 Å². The third-order valence-corrected chi connectivity index (χ3v) is 11.1. The van der Waals surface area contributed by atoms with Crippen LogP contribution in [0.25, 0.3) is 11.1 Å². The van der Waals surface area contributed by atoms with Crippen molar-refractivity contribution in [3.63, 3.8) is 0 Å². The van der Waals surface area contributed by atoms with Gasteiger partial charge >= 0.3 is 214 Å². The molecule has 2 aliphatic rings. The molecular formula is C33H34AsF3N3O4. The molecule has 2 aromatic carbocycles. The Kier molecular flexibility index (Phi) is 9.73. The Bertz CT molecular complexity index is 1520. The summed E-state index contributed by atoms with van der Waals surface area (Å²) in [5, 5.41) is 13.9. The second-order valence-corrected chi connectivity index (χ2v) is 14.7. The van der Waals surface area contributed by atoms with Gasteiger partial charge in [0, 0.05) is 5.56 Å². The normalized spacial score (nSPS) is 22.8. The summed E-state index contributed by atoms with van der Waals surface area (Å²) in [7, 11) is 0. The van der Waals surface area contributed by atoms with E-state index in [2.05, 4.69) is 15.2 Å². The van der Waals surface area contributed by atoms with Gasteiger partial charge in [-0.2, -0.15) is 0 Å². The number of Topliss-reactive ketones (excluding diaryl/α,β-unsaturated/α-hetero) is 1. The maximum absolute atomic E-state index is 12.9. The van der Waals surface area contributed by atoms with Crippen molar-refractivity contribution in [3.8, 4) is 11.1 Å². The van der Waals surface area contributed by atoms with Crippen molar-refractivity contribution in [2.24, 2.45) is 0 Å². The summed E-state index contributed by atoms with van der Waals surface area (Å²) in [6.45, 7) is 3.02. The number of halogens is 3. The number of amides is 1. The van der Waals surface area contributed by atoms with Gasteiger partial charge in [-0.3, -0.25) is 4.79 Å². The molecule has 2 heterocycles. The predicted octanol–water partition coefficient (Wildman–Crippen LogP) is 5.26. The maximum Gasteiger partial charge on any atom is -0.0435 e. The molecular weight excluding hydrogens is 634 g/mol. The van der Waals surface area contributed by atoms with E-state index in [1.165, 1.54) is 19.1 Å². The number of carbonyl (C=O) groups is 3. The Morgan fingerprint density at radius 3 is 2.41 bits per heavy atom. The molecule has 3 aromatic rings. The topological polar surface area (TPSA) is 99.6 Å². The van der Waals surface area contributed by atoms with Crippen molar-refractivity contribution in [1.29, 1.82) is 0 Å². The van der Waals surface area contributed by atoms with Crippen LogP contribution < -0.4 is 5.32 Å². The van der Waals surface area contributed by atoms with E-state index < -0.39 is 39.0 Å². The van der Waals surface area contributed by atoms with E-state index in [0.717, 1.165) is 55.6 Å². The molecule has 231 valence electrons. The quantitative estimate of drug-likeness (QED) is 0.239. The molecule has 2 N–H and O–H groups in total. The van der Waals surface area contributed by atoms with Crippen LogP contribution in [0.1, 0.15) is 71.0 Å². The minimum absolute atomic E-state index is 0.000896. The number of nitrogens with one attached hydrogen (secondary N) is 1. The smallest absolute Gasteiger partial charge is 0.0435 e. The van der Waals surface area contributed by atoms with Gasteiger partial charge in [0.15, 0.2) is 5.78 Å². The molecule has 1 atom stereocenters. The second kappa shape index (κ2) is 13.3. The van der Waals surface area contributed by atoms with Crippen molar-refractivity contribution < 1.29 is 32.7 Å². The number of hydrogen-bond donors (Lipinski definition) is 2. The molecule has 1 aliphatic heterocycles. The first kappa shape index (κ1) is 32.1. The standard InChI is InChI=1S/C33H34AsF3N3O4/c1-21(41)22-4-2-5-23(16-22)25-8-9-29(38-18-25)32(44)13-10-28(11-14-32)40-15-12-27(20-40)34-30(42)19-39-31(43)24-6-3-7-26(17-24)33(35,36)37/h2-9,16-18,27-28,44H,10-15,19-20H2,1H3,(H,39,43)/t27-,28?,32?/m1/s1. The number of aliphatic hydroxyl groups is 1. The Labute approximate surface area is 260 Å². The summed E-state index contributed by atoms with van der Waals surface area (Å²) in [6.07, 6.45) is 0.873. The average Bonchev–Trinajstić information content (AvgIpc) is 3.48. The summed E-state index contributed by atoms with van der Waals surface area (Å²) < 4.78 is 39.0. The van der Waals surface area contributed by atoms with Gasteiger partial charge in [-0.15, -0.1) is 0 Å². The average molecular weight is 669 g/mol. The first-order valence-corrected chi connectivity index (χ1v) is 16.7. The molecule has 7 nitrogen and oxygen atoms in total. The minimum Gasteiger partial charge on any atom is -0.0435 e. The van der Waals surface area contributed by atoms with Crippen molar-refractivity contribution in [1.82, 2.24) is 15.2 Å². The van der Waals surface area contributed by atoms with Crippen molar-refractivity contribution in [2.45, 2.75) is 61.6 Å². The van der Waals surface area contributed by atoms with Crippen LogP contribution in [-0.2, 0) is 16.6 Å². The van der Waals surface area contributed by atoms with E-state index in [4.69, 9.17) is 0 Å². The Balaban J connectivity index is 1.08. The summed E-state index contributed by atoms with van der Waals surface area (Å²) in [5.41, 5.74) is 1.02. The van der Waals surface area contributed by atoms with Gasteiger partial charge in [-0.25, -0.2) is 0 Å². The number of hydrogen-bond acceptors (Lipinski definition) is 6. The van der Waals surface area contributed by atoms with Gasteiger partial charge in [0.1, 0.15) is 0 Å². The molecule has 2 fully saturated rings. The first-order valence-electron chi connectivity index (χ1n) is 14.6. The third kappa shape index (κ3) is 7.65. The van der Waals surface area contributed by atoms with E-state index in [0.29, 0.717) is 30.1 Å². The molecule has 1 radical (unpaired) electrons. The SMILES string of the molecule is CC(=O)c1cccc(-c2ccc(C3(O)CCC(N4CC[C@@H]([As]C(=O)CNC(=O)c5cccc(C(F)(F)F)c5)C4)CC3)nc2)c1. The number of alkyl halides is 3. The van der Waals surface area contributed by atoms with Gasteiger partial charge in [0.2, 0.25) is 0 Å². The maximum atomic E-state index is 12.9. The predicted molar refractivity (Wildman–Crippen MR) is 160 cm³/mol. The fourth-order valence-corrected chi connectivity index (χ4v) is 8.34. The fourth-order valence-electron chi connectivity index (χ4n) is 6.01. The molecule has 1 saturated carbocycles. The number of aromatic nitrogens is 1. The van der Waals surface area contributed by atoms with Crippen LogP contribution in [0.3, 0.4) is 0 Å². The summed E-state index contributed by atoms with van der Waals surface area (Å²) in [4.78, 5) is 43.7. The Morgan fingerprint density at radius 1 is 1.00 bits per heavy atom. The second-order valence-electron chi connectivity index (χ2n) is 11.6.